The molecule has 24 heavy (non-hydrogen) atoms. The Kier molecular flexibility index (Phi) is 5.30. The number of pyridine rings is 1. The van der Waals surface area contributed by atoms with E-state index in [0.717, 1.165) is 64.3 Å². The zero-order valence-corrected chi connectivity index (χ0v) is 14.6. The first-order chi connectivity index (χ1) is 11.5. The Bertz CT molecular complexity index is 578. The van der Waals surface area contributed by atoms with E-state index in [1.165, 1.54) is 0 Å². The number of nitro groups is 1. The van der Waals surface area contributed by atoms with E-state index < -0.39 is 0 Å². The minimum absolute atomic E-state index is 0.123. The van der Waals surface area contributed by atoms with Crippen LogP contribution in [0.4, 0.5) is 11.5 Å². The lowest BCUT2D eigenvalue weighted by Gasteiger charge is -2.38. The number of rotatable bonds is 4. The zero-order valence-electron chi connectivity index (χ0n) is 14.6. The van der Waals surface area contributed by atoms with Gasteiger partial charge in [0.15, 0.2) is 0 Å². The van der Waals surface area contributed by atoms with Crippen LogP contribution in [0.25, 0.3) is 0 Å². The molecule has 2 aliphatic rings. The van der Waals surface area contributed by atoms with E-state index >= 15 is 0 Å². The number of aryl methyl sites for hydroxylation is 1. The van der Waals surface area contributed by atoms with Crippen LogP contribution in [0.1, 0.15) is 18.5 Å². The smallest absolute Gasteiger partial charge is 0.311 e. The zero-order chi connectivity index (χ0) is 17.1. The molecule has 1 aromatic rings. The van der Waals surface area contributed by atoms with Gasteiger partial charge in [-0.1, -0.05) is 0 Å². The van der Waals surface area contributed by atoms with Gasteiger partial charge in [-0.2, -0.15) is 0 Å². The van der Waals surface area contributed by atoms with Crippen LogP contribution >= 0.6 is 0 Å². The highest BCUT2D eigenvalue weighted by Crippen LogP contribution is 2.30. The Morgan fingerprint density at radius 2 is 1.83 bits per heavy atom. The molecule has 7 nitrogen and oxygen atoms in total. The van der Waals surface area contributed by atoms with Crippen molar-refractivity contribution in [2.75, 3.05) is 57.8 Å². The number of piperazine rings is 1. The minimum Gasteiger partial charge on any atom is -0.351 e. The molecule has 0 amide bonds. The van der Waals surface area contributed by atoms with Crippen LogP contribution in [0, 0.1) is 23.0 Å². The topological polar surface area (TPSA) is 65.8 Å². The van der Waals surface area contributed by atoms with Gasteiger partial charge in [-0.05, 0) is 38.8 Å². The third kappa shape index (κ3) is 4.02. The number of nitrogens with zero attached hydrogens (tertiary/aromatic N) is 5. The van der Waals surface area contributed by atoms with Crippen LogP contribution < -0.4 is 4.90 Å². The fraction of sp³-hybridized carbons (Fsp3) is 0.706. The Labute approximate surface area is 143 Å². The molecule has 3 rings (SSSR count). The first-order valence-electron chi connectivity index (χ1n) is 8.81. The Balaban J connectivity index is 1.57. The average Bonchev–Trinajstić information content (AvgIpc) is 2.57. The summed E-state index contributed by atoms with van der Waals surface area (Å²) in [7, 11) is 2.18. The van der Waals surface area contributed by atoms with Gasteiger partial charge in [0.25, 0.3) is 0 Å². The maximum absolute atomic E-state index is 11.3. The van der Waals surface area contributed by atoms with E-state index in [1.54, 1.807) is 12.1 Å². The predicted octanol–water partition coefficient (Wildman–Crippen LogP) is 1.76. The average molecular weight is 333 g/mol. The lowest BCUT2D eigenvalue weighted by molar-refractivity contribution is -0.384. The number of likely N-dealkylation sites (N-methyl/N-ethyl adjacent to an activating group) is 1. The molecule has 0 unspecified atom stereocenters. The highest BCUT2D eigenvalue weighted by atomic mass is 16.6. The van der Waals surface area contributed by atoms with Crippen molar-refractivity contribution in [3.05, 3.63) is 27.9 Å². The van der Waals surface area contributed by atoms with Gasteiger partial charge in [0.1, 0.15) is 0 Å². The molecule has 0 atom stereocenters. The fourth-order valence-corrected chi connectivity index (χ4v) is 3.63. The van der Waals surface area contributed by atoms with Gasteiger partial charge < -0.3 is 14.7 Å². The third-order valence-corrected chi connectivity index (χ3v) is 5.22. The van der Waals surface area contributed by atoms with Crippen LogP contribution in [-0.4, -0.2) is 72.6 Å². The number of hydrogen-bond acceptors (Lipinski definition) is 6. The summed E-state index contributed by atoms with van der Waals surface area (Å²) in [5.74, 6) is 1.23. The molecule has 1 aromatic heterocycles. The van der Waals surface area contributed by atoms with E-state index in [2.05, 4.69) is 26.7 Å². The molecule has 0 saturated carbocycles. The summed E-state index contributed by atoms with van der Waals surface area (Å²) < 4.78 is 0. The van der Waals surface area contributed by atoms with Gasteiger partial charge in [-0.25, -0.2) is 4.98 Å². The van der Waals surface area contributed by atoms with E-state index in [9.17, 15) is 10.1 Å². The van der Waals surface area contributed by atoms with Crippen molar-refractivity contribution < 1.29 is 4.92 Å². The number of piperidine rings is 1. The monoisotopic (exact) mass is 333 g/mol. The molecule has 2 aliphatic heterocycles. The minimum atomic E-state index is -0.321. The number of anilines is 1. The van der Waals surface area contributed by atoms with Crippen molar-refractivity contribution in [1.82, 2.24) is 14.8 Å². The highest BCUT2D eigenvalue weighted by Gasteiger charge is 2.27. The van der Waals surface area contributed by atoms with Crippen LogP contribution in [0.3, 0.4) is 0 Å². The molecule has 0 N–H and O–H groups in total. The summed E-state index contributed by atoms with van der Waals surface area (Å²) in [4.78, 5) is 22.4. The number of hydrogen-bond donors (Lipinski definition) is 0. The SMILES string of the molecule is Cc1ccc([N+](=O)[O-])c(N2CCC(CN3CCN(C)CC3)CC2)n1. The molecule has 0 bridgehead atoms. The number of aromatic nitrogens is 1. The second kappa shape index (κ2) is 7.44. The molecule has 132 valence electrons. The first kappa shape index (κ1) is 17.1. The molecule has 7 heteroatoms. The fourth-order valence-electron chi connectivity index (χ4n) is 3.63. The lowest BCUT2D eigenvalue weighted by atomic mass is 9.95. The van der Waals surface area contributed by atoms with Gasteiger partial charge in [0.05, 0.1) is 4.92 Å². The van der Waals surface area contributed by atoms with Gasteiger partial charge in [-0.15, -0.1) is 0 Å². The molecule has 2 saturated heterocycles. The molecule has 0 spiro atoms. The molecule has 3 heterocycles. The quantitative estimate of drug-likeness (QED) is 0.618. The van der Waals surface area contributed by atoms with Crippen molar-refractivity contribution >= 4 is 11.5 Å². The normalized spacial score (nSPS) is 21.2. The maximum Gasteiger partial charge on any atom is 0.311 e. The van der Waals surface area contributed by atoms with Gasteiger partial charge in [0, 0.05) is 57.6 Å². The summed E-state index contributed by atoms with van der Waals surface area (Å²) in [6.45, 7) is 9.36. The summed E-state index contributed by atoms with van der Waals surface area (Å²) in [6.07, 6.45) is 2.16. The van der Waals surface area contributed by atoms with Crippen LogP contribution in [-0.2, 0) is 0 Å². The van der Waals surface area contributed by atoms with Crippen molar-refractivity contribution in [3.63, 3.8) is 0 Å². The van der Waals surface area contributed by atoms with Crippen molar-refractivity contribution in [1.29, 1.82) is 0 Å². The third-order valence-electron chi connectivity index (χ3n) is 5.22. The van der Waals surface area contributed by atoms with Gasteiger partial charge >= 0.3 is 5.69 Å². The molecule has 0 radical (unpaired) electrons. The highest BCUT2D eigenvalue weighted by molar-refractivity contribution is 5.58. The summed E-state index contributed by atoms with van der Waals surface area (Å²) in [5, 5.41) is 11.3. The molecule has 0 aromatic carbocycles. The summed E-state index contributed by atoms with van der Waals surface area (Å²) in [6, 6.07) is 3.29. The molecular weight excluding hydrogens is 306 g/mol. The largest absolute Gasteiger partial charge is 0.351 e. The van der Waals surface area contributed by atoms with E-state index in [0.29, 0.717) is 11.7 Å². The Morgan fingerprint density at radius 1 is 1.17 bits per heavy atom. The first-order valence-corrected chi connectivity index (χ1v) is 8.81. The Hall–Kier alpha value is -1.73. The second-order valence-electron chi connectivity index (χ2n) is 7.09. The van der Waals surface area contributed by atoms with Crippen molar-refractivity contribution in [2.24, 2.45) is 5.92 Å². The van der Waals surface area contributed by atoms with Crippen molar-refractivity contribution in [2.45, 2.75) is 19.8 Å². The Morgan fingerprint density at radius 3 is 2.46 bits per heavy atom. The lowest BCUT2D eigenvalue weighted by Crippen LogP contribution is -2.47. The van der Waals surface area contributed by atoms with Gasteiger partial charge in [-0.3, -0.25) is 10.1 Å². The second-order valence-corrected chi connectivity index (χ2v) is 7.09. The van der Waals surface area contributed by atoms with Crippen LogP contribution in [0.15, 0.2) is 12.1 Å². The molecule has 0 aliphatic carbocycles. The van der Waals surface area contributed by atoms with Crippen LogP contribution in [0.5, 0.6) is 0 Å². The molecule has 2 fully saturated rings. The van der Waals surface area contributed by atoms with E-state index in [-0.39, 0.29) is 10.6 Å². The standard InChI is InChI=1S/C17H27N5O2/c1-14-3-4-16(22(23)24)17(18-14)21-7-5-15(6-8-21)13-20-11-9-19(2)10-12-20/h3-4,15H,5-13H2,1-2H3. The summed E-state index contributed by atoms with van der Waals surface area (Å²) >= 11 is 0. The predicted molar refractivity (Wildman–Crippen MR) is 94.5 cm³/mol. The van der Waals surface area contributed by atoms with Crippen molar-refractivity contribution in [3.8, 4) is 0 Å². The van der Waals surface area contributed by atoms with E-state index in [1.807, 2.05) is 6.92 Å². The molecular formula is C17H27N5O2. The van der Waals surface area contributed by atoms with E-state index in [4.69, 9.17) is 0 Å². The van der Waals surface area contributed by atoms with Gasteiger partial charge in [0.2, 0.25) is 5.82 Å². The van der Waals surface area contributed by atoms with Crippen LogP contribution in [0.2, 0.25) is 0 Å². The summed E-state index contributed by atoms with van der Waals surface area (Å²) in [5.41, 5.74) is 0.952. The maximum atomic E-state index is 11.3.